The summed E-state index contributed by atoms with van der Waals surface area (Å²) in [5.74, 6) is -0.705. The molecule has 5 aromatic rings. The van der Waals surface area contributed by atoms with Gasteiger partial charge in [-0.2, -0.15) is 17.5 Å². The fourth-order valence-electron chi connectivity index (χ4n) is 3.55. The van der Waals surface area contributed by atoms with Gasteiger partial charge in [-0.25, -0.2) is 9.48 Å². The zero-order chi connectivity index (χ0) is 22.1. The van der Waals surface area contributed by atoms with Crippen molar-refractivity contribution in [3.63, 3.8) is 0 Å². The zero-order valence-corrected chi connectivity index (χ0v) is 18.7. The van der Waals surface area contributed by atoms with E-state index in [4.69, 9.17) is 4.74 Å². The topological polar surface area (TPSA) is 116 Å². The molecule has 0 saturated carbocycles. The SMILES string of the molecule is CCCOc1nn(Cc2ccc3nsnc3c2)c(C(=O)O)c1Cc1ccc2nsnc2c1. The van der Waals surface area contributed by atoms with Gasteiger partial charge in [-0.05, 0) is 41.8 Å². The first-order valence-corrected chi connectivity index (χ1v) is 11.5. The summed E-state index contributed by atoms with van der Waals surface area (Å²) < 4.78 is 24.3. The summed E-state index contributed by atoms with van der Waals surface area (Å²) in [6.07, 6.45) is 1.15. The second-order valence-corrected chi connectivity index (χ2v) is 8.35. The van der Waals surface area contributed by atoms with Gasteiger partial charge in [0.15, 0.2) is 5.69 Å². The molecule has 0 amide bonds. The predicted octanol–water partition coefficient (Wildman–Crippen LogP) is 4.02. The van der Waals surface area contributed by atoms with Crippen molar-refractivity contribution in [1.82, 2.24) is 27.3 Å². The van der Waals surface area contributed by atoms with Gasteiger partial charge < -0.3 is 9.84 Å². The van der Waals surface area contributed by atoms with E-state index >= 15 is 0 Å². The average Bonchev–Trinajstić information content (AvgIpc) is 3.50. The highest BCUT2D eigenvalue weighted by Gasteiger charge is 2.25. The lowest BCUT2D eigenvalue weighted by atomic mass is 10.0. The van der Waals surface area contributed by atoms with Gasteiger partial charge in [0.1, 0.15) is 22.1 Å². The number of carbonyl (C=O) groups is 1. The number of carboxylic acid groups (broad SMARTS) is 1. The molecule has 5 rings (SSSR count). The number of benzene rings is 2. The van der Waals surface area contributed by atoms with Crippen molar-refractivity contribution in [3.05, 3.63) is 58.8 Å². The fraction of sp³-hybridized carbons (Fsp3) is 0.238. The van der Waals surface area contributed by atoms with Crippen LogP contribution < -0.4 is 4.74 Å². The normalized spacial score (nSPS) is 11.4. The Morgan fingerprint density at radius 2 is 1.59 bits per heavy atom. The number of fused-ring (bicyclic) bond motifs is 2. The van der Waals surface area contributed by atoms with Crippen molar-refractivity contribution in [2.75, 3.05) is 6.61 Å². The maximum absolute atomic E-state index is 12.3. The van der Waals surface area contributed by atoms with Gasteiger partial charge in [0, 0.05) is 6.42 Å². The molecule has 9 nitrogen and oxygen atoms in total. The molecule has 2 aromatic carbocycles. The molecule has 0 unspecified atom stereocenters. The van der Waals surface area contributed by atoms with Gasteiger partial charge in [-0.15, -0.1) is 5.10 Å². The van der Waals surface area contributed by atoms with E-state index in [0.29, 0.717) is 24.5 Å². The standard InChI is InChI=1S/C21H18N6O3S2/c1-2-7-30-20-14(8-12-3-5-15-17(9-12)25-31-23-15)19(21(28)29)27(22-20)11-13-4-6-16-18(10-13)26-32-24-16/h3-6,9-10H,2,7-8,11H2,1H3,(H,28,29). The van der Waals surface area contributed by atoms with Crippen molar-refractivity contribution in [1.29, 1.82) is 0 Å². The van der Waals surface area contributed by atoms with E-state index in [1.807, 2.05) is 43.3 Å². The van der Waals surface area contributed by atoms with E-state index in [0.717, 1.165) is 63.1 Å². The average molecular weight is 467 g/mol. The van der Waals surface area contributed by atoms with E-state index in [9.17, 15) is 9.90 Å². The van der Waals surface area contributed by atoms with E-state index in [1.165, 1.54) is 4.68 Å². The molecule has 0 fully saturated rings. The van der Waals surface area contributed by atoms with E-state index < -0.39 is 5.97 Å². The lowest BCUT2D eigenvalue weighted by Gasteiger charge is -2.07. The summed E-state index contributed by atoms with van der Waals surface area (Å²) in [6, 6.07) is 11.4. The molecule has 162 valence electrons. The van der Waals surface area contributed by atoms with Gasteiger partial charge >= 0.3 is 5.97 Å². The van der Waals surface area contributed by atoms with Crippen LogP contribution in [0.2, 0.25) is 0 Å². The largest absolute Gasteiger partial charge is 0.477 e. The minimum absolute atomic E-state index is 0.115. The van der Waals surface area contributed by atoms with E-state index in [2.05, 4.69) is 22.6 Å². The van der Waals surface area contributed by atoms with E-state index in [1.54, 1.807) is 0 Å². The van der Waals surface area contributed by atoms with Crippen LogP contribution in [0.25, 0.3) is 22.1 Å². The molecular formula is C21H18N6O3S2. The third kappa shape index (κ3) is 3.92. The van der Waals surface area contributed by atoms with Gasteiger partial charge in [0.2, 0.25) is 5.88 Å². The molecule has 3 aromatic heterocycles. The van der Waals surface area contributed by atoms with Crippen LogP contribution in [-0.2, 0) is 13.0 Å². The molecular weight excluding hydrogens is 448 g/mol. The van der Waals surface area contributed by atoms with Crippen LogP contribution in [0.5, 0.6) is 5.88 Å². The number of nitrogens with zero attached hydrogens (tertiary/aromatic N) is 6. The third-order valence-corrected chi connectivity index (χ3v) is 6.12. The molecule has 32 heavy (non-hydrogen) atoms. The smallest absolute Gasteiger partial charge is 0.354 e. The van der Waals surface area contributed by atoms with Crippen molar-refractivity contribution >= 4 is 51.5 Å². The number of aromatic nitrogens is 6. The molecule has 0 saturated heterocycles. The summed E-state index contributed by atoms with van der Waals surface area (Å²) in [6.45, 7) is 2.73. The Balaban J connectivity index is 1.55. The molecule has 1 N–H and O–H groups in total. The van der Waals surface area contributed by atoms with E-state index in [-0.39, 0.29) is 12.2 Å². The molecule has 0 atom stereocenters. The summed E-state index contributed by atoms with van der Waals surface area (Å²) >= 11 is 2.30. The van der Waals surface area contributed by atoms with Crippen LogP contribution in [0.3, 0.4) is 0 Å². The molecule has 11 heteroatoms. The summed E-state index contributed by atoms with van der Waals surface area (Å²) in [5, 5.41) is 14.6. The Morgan fingerprint density at radius 3 is 2.25 bits per heavy atom. The Hall–Kier alpha value is -3.44. The second-order valence-electron chi connectivity index (χ2n) is 7.29. The Morgan fingerprint density at radius 1 is 0.969 bits per heavy atom. The predicted molar refractivity (Wildman–Crippen MR) is 122 cm³/mol. The lowest BCUT2D eigenvalue weighted by molar-refractivity contribution is 0.0683. The number of carboxylic acids is 1. The van der Waals surface area contributed by atoms with Crippen LogP contribution >= 0.6 is 23.5 Å². The minimum atomic E-state index is -1.05. The zero-order valence-electron chi connectivity index (χ0n) is 17.1. The molecule has 0 aliphatic heterocycles. The lowest BCUT2D eigenvalue weighted by Crippen LogP contribution is -2.13. The number of ether oxygens (including phenoxy) is 1. The maximum atomic E-state index is 12.3. The second kappa shape index (κ2) is 8.60. The third-order valence-electron chi connectivity index (χ3n) is 5.01. The Bertz CT molecular complexity index is 1420. The van der Waals surface area contributed by atoms with Crippen LogP contribution in [0.1, 0.15) is 40.5 Å². The quantitative estimate of drug-likeness (QED) is 0.365. The first-order valence-electron chi connectivity index (χ1n) is 10.0. The van der Waals surface area contributed by atoms with Gasteiger partial charge in [0.25, 0.3) is 0 Å². The maximum Gasteiger partial charge on any atom is 0.354 e. The summed E-state index contributed by atoms with van der Waals surface area (Å²) in [4.78, 5) is 12.3. The monoisotopic (exact) mass is 466 g/mol. The number of hydrogen-bond acceptors (Lipinski definition) is 9. The van der Waals surface area contributed by atoms with Crippen LogP contribution in [-0.4, -0.2) is 45.0 Å². The molecule has 0 aliphatic rings. The van der Waals surface area contributed by atoms with Crippen LogP contribution in [0, 0.1) is 0 Å². The highest BCUT2D eigenvalue weighted by atomic mass is 32.1. The van der Waals surface area contributed by atoms with Crippen LogP contribution in [0.4, 0.5) is 0 Å². The molecule has 0 bridgehead atoms. The fourth-order valence-corrected chi connectivity index (χ4v) is 4.58. The first-order chi connectivity index (χ1) is 15.6. The summed E-state index contributed by atoms with van der Waals surface area (Å²) in [7, 11) is 0. The Kier molecular flexibility index (Phi) is 5.50. The molecule has 0 spiro atoms. The van der Waals surface area contributed by atoms with Gasteiger partial charge in [-0.3, -0.25) is 0 Å². The first kappa shape index (κ1) is 20.5. The summed E-state index contributed by atoms with van der Waals surface area (Å²) in [5.41, 5.74) is 5.68. The van der Waals surface area contributed by atoms with Crippen molar-refractivity contribution in [3.8, 4) is 5.88 Å². The van der Waals surface area contributed by atoms with Crippen molar-refractivity contribution < 1.29 is 14.6 Å². The minimum Gasteiger partial charge on any atom is -0.477 e. The van der Waals surface area contributed by atoms with Crippen molar-refractivity contribution in [2.45, 2.75) is 26.3 Å². The van der Waals surface area contributed by atoms with Gasteiger partial charge in [-0.1, -0.05) is 19.1 Å². The Labute approximate surface area is 190 Å². The molecule has 0 radical (unpaired) electrons. The van der Waals surface area contributed by atoms with Crippen LogP contribution in [0.15, 0.2) is 36.4 Å². The number of rotatable bonds is 8. The molecule has 3 heterocycles. The van der Waals surface area contributed by atoms with Gasteiger partial charge in [0.05, 0.1) is 42.2 Å². The van der Waals surface area contributed by atoms with Crippen molar-refractivity contribution in [2.24, 2.45) is 0 Å². The molecule has 0 aliphatic carbocycles. The highest BCUT2D eigenvalue weighted by Crippen LogP contribution is 2.28. The number of aromatic carboxylic acids is 1. The number of hydrogen-bond donors (Lipinski definition) is 1. The highest BCUT2D eigenvalue weighted by molar-refractivity contribution is 7.00.